The third-order valence-corrected chi connectivity index (χ3v) is 4.69. The van der Waals surface area contributed by atoms with E-state index >= 15 is 0 Å². The first-order chi connectivity index (χ1) is 7.36. The molecule has 0 aromatic heterocycles. The van der Waals surface area contributed by atoms with E-state index in [0.717, 1.165) is 17.0 Å². The minimum Gasteiger partial charge on any atom is -0.497 e. The van der Waals surface area contributed by atoms with Crippen molar-refractivity contribution in [2.75, 3.05) is 24.3 Å². The highest BCUT2D eigenvalue weighted by Crippen LogP contribution is 2.40. The van der Waals surface area contributed by atoms with Gasteiger partial charge in [0, 0.05) is 29.3 Å². The van der Waals surface area contributed by atoms with Gasteiger partial charge in [-0.2, -0.15) is 11.8 Å². The second kappa shape index (κ2) is 3.63. The largest absolute Gasteiger partial charge is 0.497 e. The van der Waals surface area contributed by atoms with E-state index < -0.39 is 0 Å². The average molecular weight is 221 g/mol. The number of benzene rings is 1. The summed E-state index contributed by atoms with van der Waals surface area (Å²) in [5.41, 5.74) is 1.35. The zero-order valence-electron chi connectivity index (χ0n) is 8.85. The van der Waals surface area contributed by atoms with Gasteiger partial charge in [-0.1, -0.05) is 0 Å². The lowest BCUT2D eigenvalue weighted by atomic mass is 10.2. The van der Waals surface area contributed by atoms with Gasteiger partial charge < -0.3 is 9.64 Å². The summed E-state index contributed by atoms with van der Waals surface area (Å²) in [5.74, 6) is 2.24. The van der Waals surface area contributed by atoms with Crippen molar-refractivity contribution in [3.63, 3.8) is 0 Å². The standard InChI is InChI=1S/C12H15NOS/c1-14-11-4-2-9(3-5-11)13-7-12-6-10(13)8-15-12/h2-5,10,12H,6-8H2,1H3. The molecule has 2 unspecified atom stereocenters. The molecule has 2 aliphatic heterocycles. The Labute approximate surface area is 94.6 Å². The molecule has 80 valence electrons. The van der Waals surface area contributed by atoms with Crippen LogP contribution in [0.15, 0.2) is 24.3 Å². The van der Waals surface area contributed by atoms with Crippen LogP contribution in [0.3, 0.4) is 0 Å². The summed E-state index contributed by atoms with van der Waals surface area (Å²) in [6, 6.07) is 9.21. The predicted octanol–water partition coefficient (Wildman–Crippen LogP) is 2.39. The molecule has 2 fully saturated rings. The maximum Gasteiger partial charge on any atom is 0.119 e. The third kappa shape index (κ3) is 1.59. The number of rotatable bonds is 2. The van der Waals surface area contributed by atoms with Crippen molar-refractivity contribution in [3.8, 4) is 5.75 Å². The van der Waals surface area contributed by atoms with E-state index in [2.05, 4.69) is 40.9 Å². The van der Waals surface area contributed by atoms with Crippen LogP contribution in [0.5, 0.6) is 5.75 Å². The maximum atomic E-state index is 5.17. The summed E-state index contributed by atoms with van der Waals surface area (Å²) >= 11 is 2.13. The van der Waals surface area contributed by atoms with Crippen LogP contribution >= 0.6 is 11.8 Å². The minimum absolute atomic E-state index is 0.772. The van der Waals surface area contributed by atoms with Crippen molar-refractivity contribution in [1.29, 1.82) is 0 Å². The van der Waals surface area contributed by atoms with Crippen LogP contribution in [0.2, 0.25) is 0 Å². The molecule has 0 aliphatic carbocycles. The van der Waals surface area contributed by atoms with Crippen LogP contribution in [0.1, 0.15) is 6.42 Å². The number of anilines is 1. The summed E-state index contributed by atoms with van der Waals surface area (Å²) in [4.78, 5) is 2.54. The van der Waals surface area contributed by atoms with E-state index in [9.17, 15) is 0 Å². The summed E-state index contributed by atoms with van der Waals surface area (Å²) < 4.78 is 5.17. The predicted molar refractivity (Wildman–Crippen MR) is 65.0 cm³/mol. The second-order valence-electron chi connectivity index (χ2n) is 4.20. The van der Waals surface area contributed by atoms with Gasteiger partial charge >= 0.3 is 0 Å². The Bertz CT molecular complexity index is 351. The lowest BCUT2D eigenvalue weighted by Crippen LogP contribution is -2.33. The van der Waals surface area contributed by atoms with Gasteiger partial charge in [-0.3, -0.25) is 0 Å². The van der Waals surface area contributed by atoms with Gasteiger partial charge in [0.1, 0.15) is 5.75 Å². The Morgan fingerprint density at radius 2 is 2.13 bits per heavy atom. The molecule has 1 aromatic carbocycles. The van der Waals surface area contributed by atoms with Gasteiger partial charge in [-0.15, -0.1) is 0 Å². The van der Waals surface area contributed by atoms with Crippen LogP contribution in [0.4, 0.5) is 5.69 Å². The molecule has 0 amide bonds. The summed E-state index contributed by atoms with van der Waals surface area (Å²) in [7, 11) is 1.71. The number of ether oxygens (including phenoxy) is 1. The van der Waals surface area contributed by atoms with E-state index in [4.69, 9.17) is 4.74 Å². The maximum absolute atomic E-state index is 5.17. The number of fused-ring (bicyclic) bond motifs is 2. The highest BCUT2D eigenvalue weighted by Gasteiger charge is 2.38. The van der Waals surface area contributed by atoms with E-state index in [-0.39, 0.29) is 0 Å². The molecule has 2 aliphatic rings. The van der Waals surface area contributed by atoms with Crippen LogP contribution in [0, 0.1) is 0 Å². The van der Waals surface area contributed by atoms with Gasteiger partial charge in [0.2, 0.25) is 0 Å². The lowest BCUT2D eigenvalue weighted by molar-refractivity contribution is 0.415. The summed E-state index contributed by atoms with van der Waals surface area (Å²) in [6.07, 6.45) is 1.37. The number of hydrogen-bond donors (Lipinski definition) is 0. The van der Waals surface area contributed by atoms with Gasteiger partial charge in [0.25, 0.3) is 0 Å². The molecule has 0 spiro atoms. The van der Waals surface area contributed by atoms with E-state index in [1.807, 2.05) is 0 Å². The molecule has 2 atom stereocenters. The summed E-state index contributed by atoms with van der Waals surface area (Å²) in [5, 5.41) is 0.872. The smallest absolute Gasteiger partial charge is 0.119 e. The monoisotopic (exact) mass is 221 g/mol. The topological polar surface area (TPSA) is 12.5 Å². The Morgan fingerprint density at radius 3 is 2.67 bits per heavy atom. The van der Waals surface area contributed by atoms with Crippen molar-refractivity contribution in [2.24, 2.45) is 0 Å². The van der Waals surface area contributed by atoms with E-state index in [1.165, 1.54) is 24.4 Å². The fraction of sp³-hybridized carbons (Fsp3) is 0.500. The Hall–Kier alpha value is -0.830. The Kier molecular flexibility index (Phi) is 2.28. The molecule has 3 heteroatoms. The molecule has 0 N–H and O–H groups in total. The third-order valence-electron chi connectivity index (χ3n) is 3.30. The van der Waals surface area contributed by atoms with Gasteiger partial charge in [-0.25, -0.2) is 0 Å². The molecule has 2 bridgehead atoms. The highest BCUT2D eigenvalue weighted by atomic mass is 32.2. The molecule has 2 saturated heterocycles. The molecule has 3 rings (SSSR count). The zero-order valence-corrected chi connectivity index (χ0v) is 9.67. The van der Waals surface area contributed by atoms with Crippen LogP contribution in [-0.2, 0) is 0 Å². The lowest BCUT2D eigenvalue weighted by Gasteiger charge is -2.28. The first-order valence-corrected chi connectivity index (χ1v) is 6.44. The first-order valence-electron chi connectivity index (χ1n) is 5.39. The second-order valence-corrected chi connectivity index (χ2v) is 5.53. The quantitative estimate of drug-likeness (QED) is 0.761. The van der Waals surface area contributed by atoms with Crippen LogP contribution in [-0.4, -0.2) is 30.7 Å². The molecule has 1 aromatic rings. The van der Waals surface area contributed by atoms with Gasteiger partial charge in [0.15, 0.2) is 0 Å². The first kappa shape index (κ1) is 9.40. The number of methoxy groups -OCH3 is 1. The molecule has 0 radical (unpaired) electrons. The van der Waals surface area contributed by atoms with E-state index in [1.54, 1.807) is 7.11 Å². The number of thioether (sulfide) groups is 1. The molecular weight excluding hydrogens is 206 g/mol. The molecule has 15 heavy (non-hydrogen) atoms. The zero-order chi connectivity index (χ0) is 10.3. The molecule has 2 heterocycles. The minimum atomic E-state index is 0.772. The van der Waals surface area contributed by atoms with Gasteiger partial charge in [0.05, 0.1) is 7.11 Å². The van der Waals surface area contributed by atoms with Crippen molar-refractivity contribution in [2.45, 2.75) is 17.7 Å². The summed E-state index contributed by atoms with van der Waals surface area (Å²) in [6.45, 7) is 1.22. The van der Waals surface area contributed by atoms with Crippen molar-refractivity contribution in [3.05, 3.63) is 24.3 Å². The van der Waals surface area contributed by atoms with Crippen LogP contribution < -0.4 is 9.64 Å². The van der Waals surface area contributed by atoms with Crippen molar-refractivity contribution >= 4 is 17.4 Å². The Morgan fingerprint density at radius 1 is 1.33 bits per heavy atom. The molecular formula is C12H15NOS. The normalized spacial score (nSPS) is 28.5. The SMILES string of the molecule is COc1ccc(N2CC3CC2CS3)cc1. The molecule has 0 saturated carbocycles. The fourth-order valence-corrected chi connectivity index (χ4v) is 3.92. The average Bonchev–Trinajstić information content (AvgIpc) is 2.91. The fourth-order valence-electron chi connectivity index (χ4n) is 2.49. The van der Waals surface area contributed by atoms with E-state index in [0.29, 0.717) is 0 Å². The Balaban J connectivity index is 1.81. The highest BCUT2D eigenvalue weighted by molar-refractivity contribution is 8.00. The number of hydrogen-bond acceptors (Lipinski definition) is 3. The van der Waals surface area contributed by atoms with Gasteiger partial charge in [-0.05, 0) is 30.7 Å². The van der Waals surface area contributed by atoms with Crippen LogP contribution in [0.25, 0.3) is 0 Å². The molecule has 2 nitrogen and oxygen atoms in total. The van der Waals surface area contributed by atoms with Crippen molar-refractivity contribution in [1.82, 2.24) is 0 Å². The van der Waals surface area contributed by atoms with Crippen molar-refractivity contribution < 1.29 is 4.74 Å². The number of nitrogens with zero attached hydrogens (tertiary/aromatic N) is 1.